The van der Waals surface area contributed by atoms with Gasteiger partial charge in [0.2, 0.25) is 5.91 Å². The van der Waals surface area contributed by atoms with Gasteiger partial charge in [-0.15, -0.1) is 0 Å². The van der Waals surface area contributed by atoms with E-state index < -0.39 is 0 Å². The van der Waals surface area contributed by atoms with Gasteiger partial charge in [-0.05, 0) is 43.0 Å². The number of nitrogens with zero attached hydrogens (tertiary/aromatic N) is 2. The predicted molar refractivity (Wildman–Crippen MR) is 105 cm³/mol. The van der Waals surface area contributed by atoms with Crippen LogP contribution in [0.15, 0.2) is 54.9 Å². The van der Waals surface area contributed by atoms with E-state index in [-0.39, 0.29) is 11.3 Å². The van der Waals surface area contributed by atoms with E-state index in [9.17, 15) is 4.79 Å². The first kappa shape index (κ1) is 17.7. The Hall–Kier alpha value is -2.66. The Morgan fingerprint density at radius 3 is 2.74 bits per heavy atom. The summed E-state index contributed by atoms with van der Waals surface area (Å²) in [5.74, 6) is 0.0119. The zero-order chi connectivity index (χ0) is 18.7. The van der Waals surface area contributed by atoms with E-state index in [0.717, 1.165) is 37.4 Å². The molecule has 5 nitrogen and oxygen atoms in total. The summed E-state index contributed by atoms with van der Waals surface area (Å²) >= 11 is 0. The minimum atomic E-state index is -0.0574. The number of rotatable bonds is 5. The number of hydrogen-bond acceptors (Lipinski definition) is 3. The third kappa shape index (κ3) is 3.74. The van der Waals surface area contributed by atoms with Gasteiger partial charge in [-0.3, -0.25) is 4.79 Å². The fraction of sp³-hybridized carbons (Fsp3) is 0.364. The molecule has 1 fully saturated rings. The molecule has 1 aromatic carbocycles. The summed E-state index contributed by atoms with van der Waals surface area (Å²) in [6, 6.07) is 14.3. The number of ether oxygens (including phenoxy) is 1. The van der Waals surface area contributed by atoms with E-state index in [2.05, 4.69) is 41.5 Å². The van der Waals surface area contributed by atoms with Gasteiger partial charge in [-0.2, -0.15) is 0 Å². The average molecular weight is 363 g/mol. The summed E-state index contributed by atoms with van der Waals surface area (Å²) in [7, 11) is 0. The van der Waals surface area contributed by atoms with Crippen molar-refractivity contribution in [1.82, 2.24) is 14.7 Å². The molecule has 5 heteroatoms. The Balaban J connectivity index is 1.47. The number of imidazole rings is 1. The zero-order valence-electron chi connectivity index (χ0n) is 15.6. The third-order valence-electron chi connectivity index (χ3n) is 5.55. The SMILES string of the molecule is Cc1ccccc1C1(CNC(=O)Cc2cn3ccccc3n2)CCOCC1. The quantitative estimate of drug-likeness (QED) is 0.758. The molecule has 1 aliphatic rings. The van der Waals surface area contributed by atoms with Crippen LogP contribution in [0.2, 0.25) is 0 Å². The topological polar surface area (TPSA) is 55.6 Å². The van der Waals surface area contributed by atoms with Crippen molar-refractivity contribution in [3.8, 4) is 0 Å². The number of aryl methyl sites for hydroxylation is 1. The number of nitrogens with one attached hydrogen (secondary N) is 1. The van der Waals surface area contributed by atoms with Gasteiger partial charge < -0.3 is 14.5 Å². The monoisotopic (exact) mass is 363 g/mol. The molecule has 0 unspecified atom stereocenters. The summed E-state index contributed by atoms with van der Waals surface area (Å²) < 4.78 is 7.54. The van der Waals surface area contributed by atoms with Gasteiger partial charge in [-0.25, -0.2) is 4.98 Å². The minimum Gasteiger partial charge on any atom is -0.381 e. The Kier molecular flexibility index (Phi) is 4.94. The standard InChI is InChI=1S/C22H25N3O2/c1-17-6-2-3-7-19(17)22(9-12-27-13-10-22)16-23-21(26)14-18-15-25-11-5-4-8-20(25)24-18/h2-8,11,15H,9-10,12-14,16H2,1H3,(H,23,26). The Morgan fingerprint density at radius 2 is 1.96 bits per heavy atom. The van der Waals surface area contributed by atoms with E-state index in [1.165, 1.54) is 11.1 Å². The van der Waals surface area contributed by atoms with Crippen molar-refractivity contribution in [1.29, 1.82) is 0 Å². The van der Waals surface area contributed by atoms with Gasteiger partial charge in [0.15, 0.2) is 0 Å². The highest BCUT2D eigenvalue weighted by Gasteiger charge is 2.35. The van der Waals surface area contributed by atoms with Crippen LogP contribution in [0.4, 0.5) is 0 Å². The maximum Gasteiger partial charge on any atom is 0.226 e. The maximum absolute atomic E-state index is 12.6. The molecule has 1 amide bonds. The molecule has 3 aromatic rings. The molecule has 0 saturated carbocycles. The van der Waals surface area contributed by atoms with Crippen LogP contribution in [-0.2, 0) is 21.4 Å². The summed E-state index contributed by atoms with van der Waals surface area (Å²) in [6.07, 6.45) is 6.00. The Labute approximate surface area is 159 Å². The van der Waals surface area contributed by atoms with Crippen LogP contribution in [0.1, 0.15) is 29.7 Å². The van der Waals surface area contributed by atoms with Crippen molar-refractivity contribution in [2.75, 3.05) is 19.8 Å². The lowest BCUT2D eigenvalue weighted by Crippen LogP contribution is -2.45. The highest BCUT2D eigenvalue weighted by atomic mass is 16.5. The van der Waals surface area contributed by atoms with E-state index in [1.807, 2.05) is 35.0 Å². The van der Waals surface area contributed by atoms with Crippen molar-refractivity contribution in [2.45, 2.75) is 31.6 Å². The molecule has 0 bridgehead atoms. The second-order valence-electron chi connectivity index (χ2n) is 7.36. The first-order valence-corrected chi connectivity index (χ1v) is 9.49. The second kappa shape index (κ2) is 7.53. The molecule has 2 aromatic heterocycles. The molecule has 1 aliphatic heterocycles. The van der Waals surface area contributed by atoms with E-state index in [0.29, 0.717) is 13.0 Å². The smallest absolute Gasteiger partial charge is 0.226 e. The highest BCUT2D eigenvalue weighted by molar-refractivity contribution is 5.78. The van der Waals surface area contributed by atoms with E-state index in [1.54, 1.807) is 0 Å². The highest BCUT2D eigenvalue weighted by Crippen LogP contribution is 2.36. The van der Waals surface area contributed by atoms with Crippen molar-refractivity contribution in [3.05, 3.63) is 71.7 Å². The number of fused-ring (bicyclic) bond motifs is 1. The van der Waals surface area contributed by atoms with Gasteiger partial charge in [-0.1, -0.05) is 30.3 Å². The molecule has 0 aliphatic carbocycles. The lowest BCUT2D eigenvalue weighted by Gasteiger charge is -2.39. The minimum absolute atomic E-state index is 0.0119. The van der Waals surface area contributed by atoms with Crippen LogP contribution in [0.3, 0.4) is 0 Å². The van der Waals surface area contributed by atoms with Crippen LogP contribution < -0.4 is 5.32 Å². The van der Waals surface area contributed by atoms with Crippen LogP contribution >= 0.6 is 0 Å². The molecule has 1 saturated heterocycles. The van der Waals surface area contributed by atoms with E-state index in [4.69, 9.17) is 4.74 Å². The number of pyridine rings is 1. The van der Waals surface area contributed by atoms with Crippen LogP contribution in [0, 0.1) is 6.92 Å². The number of aromatic nitrogens is 2. The molecule has 140 valence electrons. The zero-order valence-corrected chi connectivity index (χ0v) is 15.6. The summed E-state index contributed by atoms with van der Waals surface area (Å²) in [5.41, 5.74) is 4.19. The number of benzene rings is 1. The van der Waals surface area contributed by atoms with Gasteiger partial charge >= 0.3 is 0 Å². The molecule has 1 N–H and O–H groups in total. The van der Waals surface area contributed by atoms with Crippen LogP contribution in [0.25, 0.3) is 5.65 Å². The molecule has 4 rings (SSSR count). The normalized spacial score (nSPS) is 16.3. The average Bonchev–Trinajstić information content (AvgIpc) is 3.10. The van der Waals surface area contributed by atoms with Gasteiger partial charge in [0.05, 0.1) is 12.1 Å². The first-order valence-electron chi connectivity index (χ1n) is 9.49. The predicted octanol–water partition coefficient (Wildman–Crippen LogP) is 3.05. The van der Waals surface area contributed by atoms with Crippen LogP contribution in [0.5, 0.6) is 0 Å². The Morgan fingerprint density at radius 1 is 1.19 bits per heavy atom. The maximum atomic E-state index is 12.6. The number of carbonyl (C=O) groups is 1. The third-order valence-corrected chi connectivity index (χ3v) is 5.55. The Bertz CT molecular complexity index is 908. The number of amides is 1. The molecule has 0 atom stereocenters. The largest absolute Gasteiger partial charge is 0.381 e. The number of hydrogen-bond donors (Lipinski definition) is 1. The van der Waals surface area contributed by atoms with E-state index >= 15 is 0 Å². The summed E-state index contributed by atoms with van der Waals surface area (Å²) in [5, 5.41) is 3.17. The van der Waals surface area contributed by atoms with Crippen molar-refractivity contribution < 1.29 is 9.53 Å². The molecular formula is C22H25N3O2. The van der Waals surface area contributed by atoms with Gasteiger partial charge in [0.25, 0.3) is 0 Å². The lowest BCUT2D eigenvalue weighted by atomic mass is 9.72. The van der Waals surface area contributed by atoms with Crippen molar-refractivity contribution in [2.24, 2.45) is 0 Å². The van der Waals surface area contributed by atoms with Gasteiger partial charge in [0.1, 0.15) is 5.65 Å². The molecule has 0 spiro atoms. The first-order chi connectivity index (χ1) is 13.2. The number of carbonyl (C=O) groups excluding carboxylic acids is 1. The second-order valence-corrected chi connectivity index (χ2v) is 7.36. The van der Waals surface area contributed by atoms with Crippen molar-refractivity contribution >= 4 is 11.6 Å². The molecule has 27 heavy (non-hydrogen) atoms. The molecular weight excluding hydrogens is 338 g/mol. The van der Waals surface area contributed by atoms with Gasteiger partial charge in [0, 0.05) is 37.6 Å². The summed E-state index contributed by atoms with van der Waals surface area (Å²) in [4.78, 5) is 17.1. The fourth-order valence-electron chi connectivity index (χ4n) is 4.04. The lowest BCUT2D eigenvalue weighted by molar-refractivity contribution is -0.121. The van der Waals surface area contributed by atoms with Crippen LogP contribution in [-0.4, -0.2) is 35.1 Å². The molecule has 0 radical (unpaired) electrons. The van der Waals surface area contributed by atoms with Crippen molar-refractivity contribution in [3.63, 3.8) is 0 Å². The fourth-order valence-corrected chi connectivity index (χ4v) is 4.04. The summed E-state index contributed by atoms with van der Waals surface area (Å²) in [6.45, 7) is 4.24. The molecule has 3 heterocycles.